The Morgan fingerprint density at radius 3 is 2.50 bits per heavy atom. The molecular formula is C27H39N5. The number of aromatic nitrogens is 2. The molecule has 172 valence electrons. The molecule has 0 atom stereocenters. The zero-order valence-corrected chi connectivity index (χ0v) is 20.4. The quantitative estimate of drug-likeness (QED) is 0.495. The Kier molecular flexibility index (Phi) is 8.46. The van der Waals surface area contributed by atoms with Gasteiger partial charge >= 0.3 is 0 Å². The Morgan fingerprint density at radius 1 is 1.12 bits per heavy atom. The third-order valence-corrected chi connectivity index (χ3v) is 6.66. The number of hydrogen-bond donors (Lipinski definition) is 2. The first-order valence-electron chi connectivity index (χ1n) is 11.8. The van der Waals surface area contributed by atoms with Gasteiger partial charge in [0.2, 0.25) is 5.95 Å². The minimum atomic E-state index is 0.439. The maximum absolute atomic E-state index is 4.80. The van der Waals surface area contributed by atoms with Gasteiger partial charge in [-0.15, -0.1) is 0 Å². The molecule has 0 bridgehead atoms. The molecule has 32 heavy (non-hydrogen) atoms. The molecule has 3 rings (SSSR count). The van der Waals surface area contributed by atoms with Crippen molar-refractivity contribution in [3.05, 3.63) is 59.7 Å². The third-order valence-electron chi connectivity index (χ3n) is 6.66. The molecule has 1 heterocycles. The smallest absolute Gasteiger partial charge is 0.225 e. The standard InChI is InChI=1S/C27H39N5/c1-7-19(3)20(4)22(8-2)18-28-17-21-13-15-23(16-14-21)29-27-30-25-12-10-9-11-24(25)26(31-27)32(5)6/h7-12,21,23,28H,1,13-18H2,2-6H3,(H,29,30,31)/b20-19-,22-8-/t21-,23+. The van der Waals surface area contributed by atoms with Crippen LogP contribution in [0.2, 0.25) is 0 Å². The van der Waals surface area contributed by atoms with Crippen LogP contribution in [0.25, 0.3) is 10.9 Å². The van der Waals surface area contributed by atoms with E-state index in [9.17, 15) is 0 Å². The van der Waals surface area contributed by atoms with Gasteiger partial charge in [0, 0.05) is 32.1 Å². The molecule has 2 aromatic rings. The van der Waals surface area contributed by atoms with Crippen LogP contribution in [-0.4, -0.2) is 43.2 Å². The van der Waals surface area contributed by atoms with Gasteiger partial charge in [0.05, 0.1) is 5.52 Å². The molecule has 0 spiro atoms. The summed E-state index contributed by atoms with van der Waals surface area (Å²) in [5, 5.41) is 8.38. The van der Waals surface area contributed by atoms with Gasteiger partial charge in [-0.1, -0.05) is 30.9 Å². The Hall–Kier alpha value is -2.66. The van der Waals surface area contributed by atoms with Crippen LogP contribution < -0.4 is 15.5 Å². The van der Waals surface area contributed by atoms with Crippen molar-refractivity contribution >= 4 is 22.7 Å². The number of nitrogens with one attached hydrogen (secondary N) is 2. The lowest BCUT2D eigenvalue weighted by atomic mass is 9.86. The normalized spacial score (nSPS) is 20.1. The fourth-order valence-corrected chi connectivity index (χ4v) is 4.43. The number of fused-ring (bicyclic) bond motifs is 1. The van der Waals surface area contributed by atoms with Gasteiger partial charge < -0.3 is 15.5 Å². The van der Waals surface area contributed by atoms with Crippen molar-refractivity contribution in [2.24, 2.45) is 5.92 Å². The Morgan fingerprint density at radius 2 is 1.84 bits per heavy atom. The maximum atomic E-state index is 4.80. The lowest BCUT2D eigenvalue weighted by Crippen LogP contribution is -2.32. The van der Waals surface area contributed by atoms with Crippen LogP contribution >= 0.6 is 0 Å². The van der Waals surface area contributed by atoms with Gasteiger partial charge in [-0.3, -0.25) is 0 Å². The summed E-state index contributed by atoms with van der Waals surface area (Å²) in [4.78, 5) is 11.6. The number of para-hydroxylation sites is 1. The van der Waals surface area contributed by atoms with E-state index in [0.29, 0.717) is 6.04 Å². The molecule has 0 aliphatic heterocycles. The Labute approximate surface area is 193 Å². The van der Waals surface area contributed by atoms with Crippen LogP contribution in [0.3, 0.4) is 0 Å². The molecule has 0 saturated heterocycles. The molecule has 0 unspecified atom stereocenters. The minimum Gasteiger partial charge on any atom is -0.362 e. The zero-order valence-electron chi connectivity index (χ0n) is 20.4. The first-order chi connectivity index (χ1) is 15.4. The summed E-state index contributed by atoms with van der Waals surface area (Å²) in [7, 11) is 4.07. The van der Waals surface area contributed by atoms with E-state index in [-0.39, 0.29) is 0 Å². The van der Waals surface area contributed by atoms with Crippen LogP contribution in [0.4, 0.5) is 11.8 Å². The second kappa shape index (κ2) is 11.3. The van der Waals surface area contributed by atoms with Crippen LogP contribution in [0.15, 0.2) is 59.7 Å². The number of rotatable bonds is 9. The summed E-state index contributed by atoms with van der Waals surface area (Å²) < 4.78 is 0. The topological polar surface area (TPSA) is 53.1 Å². The highest BCUT2D eigenvalue weighted by atomic mass is 15.2. The molecular weight excluding hydrogens is 394 g/mol. The van der Waals surface area contributed by atoms with Gasteiger partial charge in [0.25, 0.3) is 0 Å². The summed E-state index contributed by atoms with van der Waals surface area (Å²) in [6, 6.07) is 8.66. The van der Waals surface area contributed by atoms with Crippen LogP contribution in [-0.2, 0) is 0 Å². The Balaban J connectivity index is 1.52. The summed E-state index contributed by atoms with van der Waals surface area (Å²) >= 11 is 0. The average molecular weight is 434 g/mol. The molecule has 1 aliphatic carbocycles. The highest BCUT2D eigenvalue weighted by molar-refractivity contribution is 5.90. The highest BCUT2D eigenvalue weighted by Gasteiger charge is 2.22. The van der Waals surface area contributed by atoms with Crippen molar-refractivity contribution in [3.8, 4) is 0 Å². The SMILES string of the molecule is C=C/C(C)=C(C)\C(=C/C)CNC[C@H]1CC[C@@H](Nc2nc(N(C)C)c3ccccc3n2)CC1. The summed E-state index contributed by atoms with van der Waals surface area (Å²) in [6.07, 6.45) is 8.92. The minimum absolute atomic E-state index is 0.439. The predicted octanol–water partition coefficient (Wildman–Crippen LogP) is 5.72. The van der Waals surface area contributed by atoms with Crippen molar-refractivity contribution < 1.29 is 0 Å². The van der Waals surface area contributed by atoms with Crippen LogP contribution in [0.1, 0.15) is 46.5 Å². The van der Waals surface area contributed by atoms with Crippen molar-refractivity contribution in [3.63, 3.8) is 0 Å². The predicted molar refractivity (Wildman–Crippen MR) is 138 cm³/mol. The van der Waals surface area contributed by atoms with E-state index in [2.05, 4.69) is 61.1 Å². The van der Waals surface area contributed by atoms with Crippen molar-refractivity contribution in [2.75, 3.05) is 37.4 Å². The number of benzene rings is 1. The molecule has 1 aliphatic rings. The van der Waals surface area contributed by atoms with Crippen molar-refractivity contribution in [1.82, 2.24) is 15.3 Å². The monoisotopic (exact) mass is 433 g/mol. The molecule has 5 nitrogen and oxygen atoms in total. The highest BCUT2D eigenvalue weighted by Crippen LogP contribution is 2.28. The van der Waals surface area contributed by atoms with Crippen LogP contribution in [0.5, 0.6) is 0 Å². The molecule has 2 N–H and O–H groups in total. The van der Waals surface area contributed by atoms with E-state index in [1.165, 1.54) is 29.6 Å². The number of allylic oxidation sites excluding steroid dienone is 3. The number of anilines is 2. The second-order valence-corrected chi connectivity index (χ2v) is 9.10. The van der Waals surface area contributed by atoms with Gasteiger partial charge in [-0.2, -0.15) is 4.98 Å². The molecule has 0 radical (unpaired) electrons. The van der Waals surface area contributed by atoms with E-state index < -0.39 is 0 Å². The molecule has 1 aromatic heterocycles. The van der Waals surface area contributed by atoms with E-state index in [4.69, 9.17) is 9.97 Å². The fourth-order valence-electron chi connectivity index (χ4n) is 4.43. The molecule has 5 heteroatoms. The van der Waals surface area contributed by atoms with E-state index in [1.807, 2.05) is 32.3 Å². The third kappa shape index (κ3) is 5.98. The first-order valence-corrected chi connectivity index (χ1v) is 11.8. The molecule has 1 saturated carbocycles. The van der Waals surface area contributed by atoms with E-state index in [0.717, 1.165) is 54.5 Å². The lowest BCUT2D eigenvalue weighted by Gasteiger charge is -2.29. The largest absolute Gasteiger partial charge is 0.362 e. The van der Waals surface area contributed by atoms with E-state index in [1.54, 1.807) is 0 Å². The van der Waals surface area contributed by atoms with Gasteiger partial charge in [-0.05, 0) is 87.8 Å². The fraction of sp³-hybridized carbons (Fsp3) is 0.481. The zero-order chi connectivity index (χ0) is 23.1. The lowest BCUT2D eigenvalue weighted by molar-refractivity contribution is 0.327. The summed E-state index contributed by atoms with van der Waals surface area (Å²) in [6.45, 7) is 12.3. The van der Waals surface area contributed by atoms with Gasteiger partial charge in [0.1, 0.15) is 5.82 Å². The summed E-state index contributed by atoms with van der Waals surface area (Å²) in [5.41, 5.74) is 4.93. The molecule has 1 fully saturated rings. The van der Waals surface area contributed by atoms with E-state index >= 15 is 0 Å². The van der Waals surface area contributed by atoms with Gasteiger partial charge in [-0.25, -0.2) is 4.98 Å². The molecule has 1 aromatic carbocycles. The second-order valence-electron chi connectivity index (χ2n) is 9.10. The molecule has 0 amide bonds. The average Bonchev–Trinajstić information content (AvgIpc) is 2.81. The number of hydrogen-bond acceptors (Lipinski definition) is 5. The van der Waals surface area contributed by atoms with Crippen LogP contribution in [0, 0.1) is 5.92 Å². The first kappa shape index (κ1) is 24.0. The van der Waals surface area contributed by atoms with Crippen molar-refractivity contribution in [1.29, 1.82) is 0 Å². The Bertz CT molecular complexity index is 981. The maximum Gasteiger partial charge on any atom is 0.225 e. The summed E-state index contributed by atoms with van der Waals surface area (Å²) in [5.74, 6) is 2.43. The van der Waals surface area contributed by atoms with Gasteiger partial charge in [0.15, 0.2) is 0 Å². The van der Waals surface area contributed by atoms with Crippen molar-refractivity contribution in [2.45, 2.75) is 52.5 Å². The number of nitrogens with zero attached hydrogens (tertiary/aromatic N) is 3.